The molecule has 0 radical (unpaired) electrons. The van der Waals surface area contributed by atoms with Crippen LogP contribution in [0.4, 0.5) is 4.39 Å². The molecule has 0 aliphatic carbocycles. The van der Waals surface area contributed by atoms with Gasteiger partial charge in [-0.25, -0.2) is 12.8 Å². The Morgan fingerprint density at radius 3 is 2.33 bits per heavy atom. The topological polar surface area (TPSA) is 54.5 Å². The van der Waals surface area contributed by atoms with Crippen LogP contribution in [0.2, 0.25) is 5.02 Å². The van der Waals surface area contributed by atoms with E-state index in [1.54, 1.807) is 20.8 Å². The highest BCUT2D eigenvalue weighted by molar-refractivity contribution is 7.90. The maximum absolute atomic E-state index is 13.2. The Kier molecular flexibility index (Phi) is 5.39. The number of amides is 1. The number of carbonyl (C=O) groups is 1. The van der Waals surface area contributed by atoms with E-state index >= 15 is 0 Å². The molecule has 1 rings (SSSR count). The molecule has 118 valence electrons. The SMILES string of the molecule is CC(C)(C)N(CCS(C)(=O)=O)C(=O)c1ccc(F)c(Cl)c1. The molecule has 1 aromatic carbocycles. The van der Waals surface area contributed by atoms with E-state index in [1.807, 2.05) is 0 Å². The van der Waals surface area contributed by atoms with Crippen LogP contribution in [0.1, 0.15) is 31.1 Å². The third kappa shape index (κ3) is 5.28. The first-order chi connectivity index (χ1) is 9.42. The van der Waals surface area contributed by atoms with E-state index in [0.717, 1.165) is 12.3 Å². The fraction of sp³-hybridized carbons (Fsp3) is 0.500. The average Bonchev–Trinajstić information content (AvgIpc) is 2.29. The Bertz CT molecular complexity index is 638. The molecule has 0 heterocycles. The van der Waals surface area contributed by atoms with Crippen molar-refractivity contribution in [1.82, 2.24) is 4.90 Å². The van der Waals surface area contributed by atoms with Gasteiger partial charge in [0.15, 0.2) is 0 Å². The van der Waals surface area contributed by atoms with Gasteiger partial charge >= 0.3 is 0 Å². The fourth-order valence-electron chi connectivity index (χ4n) is 1.78. The van der Waals surface area contributed by atoms with Crippen LogP contribution in [-0.2, 0) is 9.84 Å². The van der Waals surface area contributed by atoms with Gasteiger partial charge < -0.3 is 4.90 Å². The molecular weight excluding hydrogens is 317 g/mol. The Labute approximate surface area is 129 Å². The number of rotatable bonds is 4. The lowest BCUT2D eigenvalue weighted by atomic mass is 10.0. The van der Waals surface area contributed by atoms with Crippen molar-refractivity contribution in [3.05, 3.63) is 34.6 Å². The standard InChI is InChI=1S/C14H19ClFNO3S/c1-14(2,3)17(7-8-21(4,19)20)13(18)10-5-6-12(16)11(15)9-10/h5-6,9H,7-8H2,1-4H3. The summed E-state index contributed by atoms with van der Waals surface area (Å²) in [5.74, 6) is -1.12. The van der Waals surface area contributed by atoms with E-state index < -0.39 is 21.2 Å². The fourth-order valence-corrected chi connectivity index (χ4v) is 2.48. The molecule has 0 bridgehead atoms. The van der Waals surface area contributed by atoms with Crippen molar-refractivity contribution in [3.8, 4) is 0 Å². The second kappa shape index (κ2) is 6.32. The second-order valence-corrected chi connectivity index (χ2v) is 8.55. The van der Waals surface area contributed by atoms with Crippen molar-refractivity contribution in [2.24, 2.45) is 0 Å². The van der Waals surface area contributed by atoms with E-state index in [-0.39, 0.29) is 28.8 Å². The molecular formula is C14H19ClFNO3S. The highest BCUT2D eigenvalue weighted by atomic mass is 35.5. The van der Waals surface area contributed by atoms with Crippen LogP contribution in [0.15, 0.2) is 18.2 Å². The number of nitrogens with zero attached hydrogens (tertiary/aromatic N) is 1. The average molecular weight is 336 g/mol. The van der Waals surface area contributed by atoms with Gasteiger partial charge in [-0.1, -0.05) is 11.6 Å². The van der Waals surface area contributed by atoms with Gasteiger partial charge in [0.25, 0.3) is 5.91 Å². The van der Waals surface area contributed by atoms with E-state index in [4.69, 9.17) is 11.6 Å². The van der Waals surface area contributed by atoms with Crippen molar-refractivity contribution in [1.29, 1.82) is 0 Å². The van der Waals surface area contributed by atoms with E-state index in [9.17, 15) is 17.6 Å². The lowest BCUT2D eigenvalue weighted by Crippen LogP contribution is -2.47. The maximum atomic E-state index is 13.2. The van der Waals surface area contributed by atoms with Crippen molar-refractivity contribution in [2.45, 2.75) is 26.3 Å². The highest BCUT2D eigenvalue weighted by Gasteiger charge is 2.28. The summed E-state index contributed by atoms with van der Waals surface area (Å²) in [6, 6.07) is 3.70. The van der Waals surface area contributed by atoms with E-state index in [0.29, 0.717) is 0 Å². The van der Waals surface area contributed by atoms with E-state index in [1.165, 1.54) is 17.0 Å². The maximum Gasteiger partial charge on any atom is 0.254 e. The van der Waals surface area contributed by atoms with Gasteiger partial charge in [0.1, 0.15) is 15.7 Å². The van der Waals surface area contributed by atoms with Gasteiger partial charge in [0.2, 0.25) is 0 Å². The summed E-state index contributed by atoms with van der Waals surface area (Å²) >= 11 is 5.68. The number of carbonyl (C=O) groups excluding carboxylic acids is 1. The zero-order valence-electron chi connectivity index (χ0n) is 12.5. The largest absolute Gasteiger partial charge is 0.333 e. The molecule has 0 unspecified atom stereocenters. The zero-order valence-corrected chi connectivity index (χ0v) is 14.1. The Morgan fingerprint density at radius 1 is 1.33 bits per heavy atom. The summed E-state index contributed by atoms with van der Waals surface area (Å²) in [5, 5.41) is -0.141. The minimum atomic E-state index is -3.19. The Morgan fingerprint density at radius 2 is 1.90 bits per heavy atom. The van der Waals surface area contributed by atoms with Gasteiger partial charge in [-0.3, -0.25) is 4.79 Å². The molecule has 1 aromatic rings. The predicted octanol–water partition coefficient (Wildman–Crippen LogP) is 2.76. The highest BCUT2D eigenvalue weighted by Crippen LogP contribution is 2.21. The number of halogens is 2. The second-order valence-electron chi connectivity index (χ2n) is 5.89. The molecule has 0 N–H and O–H groups in total. The molecule has 0 spiro atoms. The quantitative estimate of drug-likeness (QED) is 0.850. The summed E-state index contributed by atoms with van der Waals surface area (Å²) in [7, 11) is -3.19. The number of sulfone groups is 1. The molecule has 0 aromatic heterocycles. The summed E-state index contributed by atoms with van der Waals surface area (Å²) in [4.78, 5) is 14.0. The Hall–Kier alpha value is -1.14. The molecule has 21 heavy (non-hydrogen) atoms. The summed E-state index contributed by atoms with van der Waals surface area (Å²) in [5.41, 5.74) is -0.340. The van der Waals surface area contributed by atoms with Crippen molar-refractivity contribution in [2.75, 3.05) is 18.6 Å². The first kappa shape index (κ1) is 17.9. The minimum Gasteiger partial charge on any atom is -0.333 e. The third-order valence-electron chi connectivity index (χ3n) is 2.91. The molecule has 0 aliphatic rings. The molecule has 0 aliphatic heterocycles. The summed E-state index contributed by atoms with van der Waals surface area (Å²) in [6.07, 6.45) is 1.12. The van der Waals surface area contributed by atoms with Crippen LogP contribution < -0.4 is 0 Å². The summed E-state index contributed by atoms with van der Waals surface area (Å²) in [6.45, 7) is 5.48. The minimum absolute atomic E-state index is 0.0656. The van der Waals surface area contributed by atoms with Crippen molar-refractivity contribution >= 4 is 27.3 Å². The number of hydrogen-bond acceptors (Lipinski definition) is 3. The van der Waals surface area contributed by atoms with Crippen LogP contribution in [0, 0.1) is 5.82 Å². The normalized spacial score (nSPS) is 12.3. The lowest BCUT2D eigenvalue weighted by Gasteiger charge is -2.35. The monoisotopic (exact) mass is 335 g/mol. The number of benzene rings is 1. The molecule has 0 saturated carbocycles. The zero-order chi connectivity index (χ0) is 16.4. The predicted molar refractivity (Wildman–Crippen MR) is 81.9 cm³/mol. The van der Waals surface area contributed by atoms with Crippen LogP contribution >= 0.6 is 11.6 Å². The molecule has 0 saturated heterocycles. The van der Waals surface area contributed by atoms with Crippen LogP contribution in [-0.4, -0.2) is 43.3 Å². The number of hydrogen-bond donors (Lipinski definition) is 0. The third-order valence-corrected chi connectivity index (χ3v) is 4.12. The summed E-state index contributed by atoms with van der Waals surface area (Å²) < 4.78 is 35.8. The molecule has 0 fully saturated rings. The van der Waals surface area contributed by atoms with Gasteiger partial charge in [0, 0.05) is 23.9 Å². The molecule has 1 amide bonds. The van der Waals surface area contributed by atoms with Crippen LogP contribution in [0.3, 0.4) is 0 Å². The lowest BCUT2D eigenvalue weighted by molar-refractivity contribution is 0.0601. The van der Waals surface area contributed by atoms with Gasteiger partial charge in [-0.2, -0.15) is 0 Å². The molecule has 4 nitrogen and oxygen atoms in total. The molecule has 0 atom stereocenters. The van der Waals surface area contributed by atoms with Crippen LogP contribution in [0.5, 0.6) is 0 Å². The Balaban J connectivity index is 3.08. The van der Waals surface area contributed by atoms with Gasteiger partial charge in [-0.05, 0) is 39.0 Å². The first-order valence-electron chi connectivity index (χ1n) is 6.36. The van der Waals surface area contributed by atoms with Gasteiger partial charge in [0.05, 0.1) is 10.8 Å². The van der Waals surface area contributed by atoms with Crippen molar-refractivity contribution < 1.29 is 17.6 Å². The van der Waals surface area contributed by atoms with Crippen molar-refractivity contribution in [3.63, 3.8) is 0 Å². The smallest absolute Gasteiger partial charge is 0.254 e. The molecule has 7 heteroatoms. The van der Waals surface area contributed by atoms with E-state index in [2.05, 4.69) is 0 Å². The van der Waals surface area contributed by atoms with Gasteiger partial charge in [-0.15, -0.1) is 0 Å². The first-order valence-corrected chi connectivity index (χ1v) is 8.80. The van der Waals surface area contributed by atoms with Crippen LogP contribution in [0.25, 0.3) is 0 Å².